The van der Waals surface area contributed by atoms with E-state index >= 15 is 0 Å². The lowest BCUT2D eigenvalue weighted by atomic mass is 9.95. The van der Waals surface area contributed by atoms with E-state index in [9.17, 15) is 14.0 Å². The van der Waals surface area contributed by atoms with Crippen molar-refractivity contribution >= 4 is 28.3 Å². The van der Waals surface area contributed by atoms with E-state index in [-0.39, 0.29) is 17.5 Å². The maximum atomic E-state index is 13.4. The summed E-state index contributed by atoms with van der Waals surface area (Å²) >= 11 is 0. The topological polar surface area (TPSA) is 85.3 Å². The van der Waals surface area contributed by atoms with Crippen molar-refractivity contribution in [2.75, 3.05) is 12.8 Å². The molecule has 6 heteroatoms. The molecule has 4 aromatic rings. The first-order chi connectivity index (χ1) is 16.3. The Morgan fingerprint density at radius 2 is 1.68 bits per heavy atom. The van der Waals surface area contributed by atoms with Crippen molar-refractivity contribution in [3.05, 3.63) is 77.6 Å². The molecule has 1 aromatic heterocycles. The molecule has 0 saturated heterocycles. The molecule has 34 heavy (non-hydrogen) atoms. The molecule has 0 aliphatic carbocycles. The van der Waals surface area contributed by atoms with Crippen LogP contribution in [0.1, 0.15) is 47.4 Å². The Kier molecular flexibility index (Phi) is 6.50. The average Bonchev–Trinajstić information content (AvgIpc) is 3.20. The molecule has 0 bridgehead atoms. The van der Waals surface area contributed by atoms with Crippen LogP contribution >= 0.6 is 0 Å². The highest BCUT2D eigenvalue weighted by Crippen LogP contribution is 2.36. The number of carbonyl (C=O) groups is 2. The largest absolute Gasteiger partial charge is 0.455 e. The van der Waals surface area contributed by atoms with Crippen LogP contribution < -0.4 is 11.1 Å². The van der Waals surface area contributed by atoms with Crippen molar-refractivity contribution < 1.29 is 18.4 Å². The molecule has 5 nitrogen and oxygen atoms in total. The molecule has 0 saturated carbocycles. The lowest BCUT2D eigenvalue weighted by Gasteiger charge is -2.09. The average molecular weight is 459 g/mol. The van der Waals surface area contributed by atoms with Gasteiger partial charge in [-0.05, 0) is 78.1 Å². The van der Waals surface area contributed by atoms with Gasteiger partial charge in [0.2, 0.25) is 0 Å². The smallest absolute Gasteiger partial charge is 0.255 e. The minimum atomic E-state index is -0.371. The highest BCUT2D eigenvalue weighted by molar-refractivity contribution is 6.12. The Morgan fingerprint density at radius 1 is 0.971 bits per heavy atom. The minimum Gasteiger partial charge on any atom is -0.455 e. The normalized spacial score (nSPS) is 11.2. The number of ketones is 1. The van der Waals surface area contributed by atoms with Crippen LogP contribution in [0.15, 0.2) is 65.1 Å². The molecule has 0 aliphatic rings. The number of hydrogen-bond acceptors (Lipinski definition) is 4. The van der Waals surface area contributed by atoms with Crippen molar-refractivity contribution in [1.29, 1.82) is 0 Å². The summed E-state index contributed by atoms with van der Waals surface area (Å²) in [7, 11) is 1.55. The summed E-state index contributed by atoms with van der Waals surface area (Å²) in [6.45, 7) is 4.17. The minimum absolute atomic E-state index is 0.0521. The zero-order chi connectivity index (χ0) is 24.4. The fourth-order valence-corrected chi connectivity index (χ4v) is 3.98. The van der Waals surface area contributed by atoms with E-state index in [1.165, 1.54) is 12.1 Å². The molecule has 0 radical (unpaired) electrons. The summed E-state index contributed by atoms with van der Waals surface area (Å²) in [4.78, 5) is 25.5. The highest BCUT2D eigenvalue weighted by atomic mass is 19.1. The molecule has 1 amide bonds. The first kappa shape index (κ1) is 23.2. The second-order valence-corrected chi connectivity index (χ2v) is 8.80. The molecular weight excluding hydrogens is 431 g/mol. The number of rotatable bonds is 7. The van der Waals surface area contributed by atoms with Crippen molar-refractivity contribution in [1.82, 2.24) is 5.32 Å². The molecule has 0 unspecified atom stereocenters. The molecule has 3 aromatic carbocycles. The van der Waals surface area contributed by atoms with E-state index < -0.39 is 0 Å². The number of fused-ring (bicyclic) bond motifs is 1. The Labute approximate surface area is 197 Å². The maximum Gasteiger partial charge on any atom is 0.255 e. The van der Waals surface area contributed by atoms with Crippen LogP contribution in [-0.4, -0.2) is 18.7 Å². The second-order valence-electron chi connectivity index (χ2n) is 8.80. The first-order valence-corrected chi connectivity index (χ1v) is 11.3. The standard InChI is InChI=1S/C28H27FN2O3/c1-16(2)4-10-24(32)20-12-19(13-22(30)14-20)18-7-11-25-23(15-18)26(28(33)31-3)27(34-25)17-5-8-21(29)9-6-17/h5-9,11-16H,4,10,30H2,1-3H3,(H,31,33). The van der Waals surface area contributed by atoms with E-state index in [1.807, 2.05) is 18.2 Å². The van der Waals surface area contributed by atoms with Crippen molar-refractivity contribution in [2.45, 2.75) is 26.7 Å². The van der Waals surface area contributed by atoms with Crippen molar-refractivity contribution in [3.63, 3.8) is 0 Å². The van der Waals surface area contributed by atoms with Crippen LogP contribution in [0.3, 0.4) is 0 Å². The van der Waals surface area contributed by atoms with Gasteiger partial charge in [0.1, 0.15) is 17.2 Å². The number of halogens is 1. The summed E-state index contributed by atoms with van der Waals surface area (Å²) in [5.41, 5.74) is 10.3. The van der Waals surface area contributed by atoms with Gasteiger partial charge in [-0.1, -0.05) is 19.9 Å². The van der Waals surface area contributed by atoms with Gasteiger partial charge in [-0.15, -0.1) is 0 Å². The number of nitrogens with two attached hydrogens (primary N) is 1. The van der Waals surface area contributed by atoms with Crippen LogP contribution in [0.5, 0.6) is 0 Å². The molecule has 1 heterocycles. The summed E-state index contributed by atoms with van der Waals surface area (Å²) < 4.78 is 19.5. The summed E-state index contributed by atoms with van der Waals surface area (Å²) in [5.74, 6) is 0.169. The summed E-state index contributed by atoms with van der Waals surface area (Å²) in [6.07, 6.45) is 1.27. The monoisotopic (exact) mass is 458 g/mol. The van der Waals surface area contributed by atoms with E-state index in [1.54, 1.807) is 37.4 Å². The van der Waals surface area contributed by atoms with Gasteiger partial charge >= 0.3 is 0 Å². The highest BCUT2D eigenvalue weighted by Gasteiger charge is 2.22. The maximum absolute atomic E-state index is 13.4. The van der Waals surface area contributed by atoms with Gasteiger partial charge in [0.05, 0.1) is 5.56 Å². The second kappa shape index (κ2) is 9.51. The lowest BCUT2D eigenvalue weighted by Crippen LogP contribution is -2.18. The first-order valence-electron chi connectivity index (χ1n) is 11.3. The molecule has 4 rings (SSSR count). The Bertz CT molecular complexity index is 1370. The molecule has 174 valence electrons. The van der Waals surface area contributed by atoms with E-state index in [0.29, 0.717) is 51.4 Å². The number of anilines is 1. The molecule has 0 spiro atoms. The third-order valence-electron chi connectivity index (χ3n) is 5.81. The number of nitrogens with one attached hydrogen (secondary N) is 1. The van der Waals surface area contributed by atoms with Crippen LogP contribution in [0, 0.1) is 11.7 Å². The van der Waals surface area contributed by atoms with Crippen LogP contribution in [0.4, 0.5) is 10.1 Å². The zero-order valence-electron chi connectivity index (χ0n) is 19.4. The van der Waals surface area contributed by atoms with Crippen LogP contribution in [-0.2, 0) is 0 Å². The number of hydrogen-bond donors (Lipinski definition) is 2. The fraction of sp³-hybridized carbons (Fsp3) is 0.214. The van der Waals surface area contributed by atoms with Gasteiger partial charge < -0.3 is 15.5 Å². The van der Waals surface area contributed by atoms with Gasteiger partial charge in [0.25, 0.3) is 5.91 Å². The molecule has 0 atom stereocenters. The van der Waals surface area contributed by atoms with Gasteiger partial charge in [0, 0.05) is 35.7 Å². The van der Waals surface area contributed by atoms with Gasteiger partial charge in [-0.2, -0.15) is 0 Å². The molecule has 0 fully saturated rings. The SMILES string of the molecule is CNC(=O)c1c(-c2ccc(F)cc2)oc2ccc(-c3cc(N)cc(C(=O)CCC(C)C)c3)cc12. The zero-order valence-corrected chi connectivity index (χ0v) is 19.4. The van der Waals surface area contributed by atoms with Crippen LogP contribution in [0.25, 0.3) is 33.4 Å². The third-order valence-corrected chi connectivity index (χ3v) is 5.81. The number of furan rings is 1. The third kappa shape index (κ3) is 4.71. The Morgan fingerprint density at radius 3 is 2.35 bits per heavy atom. The fourth-order valence-electron chi connectivity index (χ4n) is 3.98. The van der Waals surface area contributed by atoms with E-state index in [2.05, 4.69) is 19.2 Å². The number of Topliss-reactive ketones (excluding diaryl/α,β-unsaturated/α-hetero) is 1. The predicted molar refractivity (Wildman–Crippen MR) is 133 cm³/mol. The Hall–Kier alpha value is -3.93. The molecular formula is C28H27FN2O3. The quantitative estimate of drug-likeness (QED) is 0.246. The van der Waals surface area contributed by atoms with E-state index in [0.717, 1.165) is 17.5 Å². The van der Waals surface area contributed by atoms with Crippen molar-refractivity contribution in [3.8, 4) is 22.5 Å². The number of amides is 1. The van der Waals surface area contributed by atoms with Gasteiger partial charge in [-0.3, -0.25) is 9.59 Å². The van der Waals surface area contributed by atoms with Crippen molar-refractivity contribution in [2.24, 2.45) is 5.92 Å². The van der Waals surface area contributed by atoms with Crippen LogP contribution in [0.2, 0.25) is 0 Å². The molecule has 0 aliphatic heterocycles. The number of nitrogen functional groups attached to an aromatic ring is 1. The summed E-state index contributed by atoms with van der Waals surface area (Å²) in [6, 6.07) is 16.7. The molecule has 3 N–H and O–H groups in total. The van der Waals surface area contributed by atoms with Gasteiger partial charge in [-0.25, -0.2) is 4.39 Å². The number of benzene rings is 3. The predicted octanol–water partition coefficient (Wildman–Crippen LogP) is 6.47. The van der Waals surface area contributed by atoms with E-state index in [4.69, 9.17) is 10.2 Å². The Balaban J connectivity index is 1.82. The number of carbonyl (C=O) groups excluding carboxylic acids is 2. The lowest BCUT2D eigenvalue weighted by molar-refractivity contribution is 0.0960. The summed E-state index contributed by atoms with van der Waals surface area (Å²) in [5, 5.41) is 3.28. The van der Waals surface area contributed by atoms with Gasteiger partial charge in [0.15, 0.2) is 5.78 Å².